The Morgan fingerprint density at radius 1 is 1.20 bits per heavy atom. The van der Waals surface area contributed by atoms with Crippen LogP contribution >= 0.6 is 0 Å². The number of ether oxygens (including phenoxy) is 1. The van der Waals surface area contributed by atoms with Gasteiger partial charge in [-0.2, -0.15) is 0 Å². The van der Waals surface area contributed by atoms with Crippen LogP contribution in [-0.2, 0) is 14.0 Å². The van der Waals surface area contributed by atoms with Crippen LogP contribution in [0.3, 0.4) is 0 Å². The van der Waals surface area contributed by atoms with E-state index in [0.717, 1.165) is 0 Å². The van der Waals surface area contributed by atoms with Crippen LogP contribution in [-0.4, -0.2) is 84.4 Å². The standard InChI is InChI=1S/C10H15B2N5O8/c13-8-5-9(15-2-14-8)17(3-16-5)10-7(19)6(18)4(24-10)1-23-12(22)25-11(20)21/h2-4,6-7,10,18-22H,1H2,(H2,13,14,15)/t4-,6-,7-,10-/m1/s1. The SMILES string of the molecule is Nc1ncnc2c1ncn2[C@@H]1O[C@H](COB(O)OB(O)O)[C@@H](O)[C@H]1O. The number of nitrogens with zero attached hydrogens (tertiary/aromatic N) is 4. The molecule has 13 nitrogen and oxygen atoms in total. The lowest BCUT2D eigenvalue weighted by atomic mass is 10.1. The van der Waals surface area contributed by atoms with Gasteiger partial charge < -0.3 is 45.0 Å². The zero-order valence-electron chi connectivity index (χ0n) is 12.7. The van der Waals surface area contributed by atoms with Gasteiger partial charge in [-0.05, 0) is 0 Å². The molecule has 0 aliphatic carbocycles. The summed E-state index contributed by atoms with van der Waals surface area (Å²) in [5, 5.41) is 46.6. The fraction of sp³-hybridized carbons (Fsp3) is 0.500. The van der Waals surface area contributed by atoms with E-state index < -0.39 is 45.8 Å². The number of aliphatic hydroxyl groups excluding tert-OH is 2. The Kier molecular flexibility index (Phi) is 5.16. The third kappa shape index (κ3) is 3.58. The molecule has 2 aromatic heterocycles. The van der Waals surface area contributed by atoms with Gasteiger partial charge in [0.25, 0.3) is 0 Å². The summed E-state index contributed by atoms with van der Waals surface area (Å²) in [6, 6.07) is 0. The first-order valence-corrected chi connectivity index (χ1v) is 7.14. The third-order valence-corrected chi connectivity index (χ3v) is 3.64. The minimum Gasteiger partial charge on any atom is -0.402 e. The van der Waals surface area contributed by atoms with Crippen molar-refractivity contribution in [3.05, 3.63) is 12.7 Å². The van der Waals surface area contributed by atoms with Crippen molar-refractivity contribution in [2.24, 2.45) is 0 Å². The topological polar surface area (TPSA) is 198 Å². The maximum absolute atomic E-state index is 10.2. The summed E-state index contributed by atoms with van der Waals surface area (Å²) >= 11 is 0. The third-order valence-electron chi connectivity index (χ3n) is 3.64. The van der Waals surface area contributed by atoms with Crippen molar-refractivity contribution in [3.63, 3.8) is 0 Å². The van der Waals surface area contributed by atoms with Crippen LogP contribution in [0, 0.1) is 0 Å². The molecular formula is C10H15B2N5O8. The summed E-state index contributed by atoms with van der Waals surface area (Å²) in [4.78, 5) is 11.9. The van der Waals surface area contributed by atoms with Gasteiger partial charge in [0, 0.05) is 0 Å². The number of nitrogen functional groups attached to an aromatic ring is 1. The fourth-order valence-corrected chi connectivity index (χ4v) is 2.47. The molecule has 15 heteroatoms. The van der Waals surface area contributed by atoms with Crippen LogP contribution < -0.4 is 5.73 Å². The van der Waals surface area contributed by atoms with Crippen LogP contribution in [0.5, 0.6) is 0 Å². The largest absolute Gasteiger partial charge is 0.624 e. The van der Waals surface area contributed by atoms with E-state index in [-0.39, 0.29) is 5.82 Å². The molecule has 4 atom stereocenters. The number of aromatic nitrogens is 4. The molecule has 7 N–H and O–H groups in total. The summed E-state index contributed by atoms with van der Waals surface area (Å²) < 4.78 is 15.8. The number of fused-ring (bicyclic) bond motifs is 1. The molecule has 0 spiro atoms. The molecule has 0 aromatic carbocycles. The lowest BCUT2D eigenvalue weighted by Gasteiger charge is -2.16. The monoisotopic (exact) mass is 355 g/mol. The molecule has 0 unspecified atom stereocenters. The van der Waals surface area contributed by atoms with E-state index in [9.17, 15) is 15.2 Å². The van der Waals surface area contributed by atoms with Gasteiger partial charge in [0.15, 0.2) is 17.7 Å². The number of rotatable bonds is 6. The molecule has 25 heavy (non-hydrogen) atoms. The second kappa shape index (κ2) is 7.19. The van der Waals surface area contributed by atoms with Gasteiger partial charge in [0.1, 0.15) is 30.2 Å². The average molecular weight is 355 g/mol. The second-order valence-electron chi connectivity index (χ2n) is 5.23. The molecule has 1 saturated heterocycles. The zero-order valence-corrected chi connectivity index (χ0v) is 12.7. The van der Waals surface area contributed by atoms with Crippen molar-refractivity contribution < 1.29 is 39.2 Å². The van der Waals surface area contributed by atoms with Crippen molar-refractivity contribution in [2.45, 2.75) is 24.5 Å². The molecule has 0 radical (unpaired) electrons. The van der Waals surface area contributed by atoms with Gasteiger partial charge in [-0.15, -0.1) is 0 Å². The Labute approximate surface area is 141 Å². The van der Waals surface area contributed by atoms with E-state index in [1.54, 1.807) is 0 Å². The Hall–Kier alpha value is -1.84. The Balaban J connectivity index is 1.72. The number of aliphatic hydroxyl groups is 2. The summed E-state index contributed by atoms with van der Waals surface area (Å²) in [6.07, 6.45) is -2.21. The van der Waals surface area contributed by atoms with Crippen molar-refractivity contribution in [3.8, 4) is 0 Å². The van der Waals surface area contributed by atoms with Crippen LogP contribution in [0.4, 0.5) is 5.82 Å². The van der Waals surface area contributed by atoms with Gasteiger partial charge in [-0.3, -0.25) is 4.57 Å². The maximum atomic E-state index is 10.2. The van der Waals surface area contributed by atoms with E-state index in [4.69, 9.17) is 25.2 Å². The van der Waals surface area contributed by atoms with Crippen LogP contribution in [0.15, 0.2) is 12.7 Å². The minimum absolute atomic E-state index is 0.152. The van der Waals surface area contributed by atoms with Crippen LogP contribution in [0.2, 0.25) is 0 Å². The molecule has 2 aromatic rings. The summed E-state index contributed by atoms with van der Waals surface area (Å²) in [5.41, 5.74) is 6.31. The predicted molar refractivity (Wildman–Crippen MR) is 80.9 cm³/mol. The molecular weight excluding hydrogens is 340 g/mol. The van der Waals surface area contributed by atoms with Crippen LogP contribution in [0.25, 0.3) is 11.2 Å². The van der Waals surface area contributed by atoms with Crippen molar-refractivity contribution >= 4 is 31.6 Å². The van der Waals surface area contributed by atoms with Crippen LogP contribution in [0.1, 0.15) is 6.23 Å². The molecule has 1 fully saturated rings. The highest BCUT2D eigenvalue weighted by atomic mass is 16.7. The van der Waals surface area contributed by atoms with E-state index in [0.29, 0.717) is 11.2 Å². The Morgan fingerprint density at radius 2 is 1.96 bits per heavy atom. The Bertz CT molecular complexity index is 734. The zero-order chi connectivity index (χ0) is 18.1. The summed E-state index contributed by atoms with van der Waals surface area (Å²) in [7, 11) is -4.18. The fourth-order valence-electron chi connectivity index (χ4n) is 2.47. The number of hydrogen-bond acceptors (Lipinski definition) is 12. The van der Waals surface area contributed by atoms with E-state index in [1.165, 1.54) is 17.2 Å². The molecule has 1 aliphatic heterocycles. The van der Waals surface area contributed by atoms with Gasteiger partial charge >= 0.3 is 14.6 Å². The number of nitrogens with two attached hydrogens (primary N) is 1. The Morgan fingerprint density at radius 3 is 2.68 bits per heavy atom. The minimum atomic E-state index is -2.23. The molecule has 134 valence electrons. The van der Waals surface area contributed by atoms with E-state index in [1.807, 2.05) is 0 Å². The van der Waals surface area contributed by atoms with Crippen molar-refractivity contribution in [1.82, 2.24) is 19.5 Å². The lowest BCUT2D eigenvalue weighted by Crippen LogP contribution is -2.38. The quantitative estimate of drug-likeness (QED) is 0.275. The normalized spacial score (nSPS) is 26.3. The molecule has 3 heterocycles. The second-order valence-corrected chi connectivity index (χ2v) is 5.23. The molecule has 0 bridgehead atoms. The van der Waals surface area contributed by atoms with Gasteiger partial charge in [0.05, 0.1) is 12.9 Å². The van der Waals surface area contributed by atoms with Crippen molar-refractivity contribution in [1.29, 1.82) is 0 Å². The van der Waals surface area contributed by atoms with E-state index >= 15 is 0 Å². The highest BCUT2D eigenvalue weighted by Crippen LogP contribution is 2.32. The first-order valence-electron chi connectivity index (χ1n) is 7.14. The molecule has 1 aliphatic rings. The van der Waals surface area contributed by atoms with Gasteiger partial charge in [-0.1, -0.05) is 0 Å². The highest BCUT2D eigenvalue weighted by molar-refractivity contribution is 6.49. The van der Waals surface area contributed by atoms with Gasteiger partial charge in [-0.25, -0.2) is 15.0 Å². The number of hydrogen-bond donors (Lipinski definition) is 6. The predicted octanol–water partition coefficient (Wildman–Crippen LogP) is -3.99. The first-order chi connectivity index (χ1) is 11.9. The number of imidazole rings is 1. The lowest BCUT2D eigenvalue weighted by molar-refractivity contribution is -0.0526. The smallest absolute Gasteiger partial charge is 0.402 e. The molecule has 0 saturated carbocycles. The first kappa shape index (κ1) is 18.0. The maximum Gasteiger partial charge on any atom is 0.624 e. The highest BCUT2D eigenvalue weighted by Gasteiger charge is 2.45. The molecule has 3 rings (SSSR count). The number of anilines is 1. The molecule has 0 amide bonds. The summed E-state index contributed by atoms with van der Waals surface area (Å²) in [6.45, 7) is -0.396. The van der Waals surface area contributed by atoms with E-state index in [2.05, 4.69) is 19.5 Å². The summed E-state index contributed by atoms with van der Waals surface area (Å²) in [5.74, 6) is 0.152. The van der Waals surface area contributed by atoms with Gasteiger partial charge in [0.2, 0.25) is 0 Å². The van der Waals surface area contributed by atoms with Crippen molar-refractivity contribution in [2.75, 3.05) is 12.3 Å². The average Bonchev–Trinajstić information content (AvgIpc) is 3.09.